The Kier molecular flexibility index (Phi) is 2.52. The lowest BCUT2D eigenvalue weighted by molar-refractivity contribution is 0.476. The fraction of sp³-hybridized carbons (Fsp3) is 0.400. The van der Waals surface area contributed by atoms with Gasteiger partial charge in [-0.05, 0) is 18.1 Å². The van der Waals surface area contributed by atoms with Crippen molar-refractivity contribution >= 4 is 22.6 Å². The van der Waals surface area contributed by atoms with Gasteiger partial charge in [0, 0.05) is 6.54 Å². The standard InChI is InChI=1S/C10H12ClN3O/c1-6(2)5-14-7-3-4-8(15)9(11)10(7)12-13-14/h3-4,6,15H,5H2,1-2H3. The number of hydrogen-bond acceptors (Lipinski definition) is 3. The Morgan fingerprint density at radius 1 is 1.47 bits per heavy atom. The van der Waals surface area contributed by atoms with Crippen LogP contribution in [-0.2, 0) is 6.54 Å². The second-order valence-corrected chi connectivity index (χ2v) is 4.31. The van der Waals surface area contributed by atoms with Gasteiger partial charge >= 0.3 is 0 Å². The zero-order chi connectivity index (χ0) is 11.0. The number of benzene rings is 1. The van der Waals surface area contributed by atoms with Crippen molar-refractivity contribution in [2.24, 2.45) is 5.92 Å². The molecular formula is C10H12ClN3O. The van der Waals surface area contributed by atoms with E-state index in [4.69, 9.17) is 11.6 Å². The van der Waals surface area contributed by atoms with Crippen LogP contribution >= 0.6 is 11.6 Å². The van der Waals surface area contributed by atoms with Gasteiger partial charge in [0.1, 0.15) is 16.3 Å². The van der Waals surface area contributed by atoms with Crippen LogP contribution in [0.2, 0.25) is 5.02 Å². The van der Waals surface area contributed by atoms with E-state index in [1.165, 1.54) is 0 Å². The maximum atomic E-state index is 9.40. The first-order chi connectivity index (χ1) is 7.09. The van der Waals surface area contributed by atoms with E-state index in [1.807, 2.05) is 0 Å². The van der Waals surface area contributed by atoms with Gasteiger partial charge < -0.3 is 5.11 Å². The normalized spacial score (nSPS) is 11.5. The SMILES string of the molecule is CC(C)Cn1nnc2c(Cl)c(O)ccc21. The van der Waals surface area contributed by atoms with E-state index < -0.39 is 0 Å². The third-order valence-electron chi connectivity index (χ3n) is 2.14. The second-order valence-electron chi connectivity index (χ2n) is 3.93. The molecule has 0 aliphatic rings. The Morgan fingerprint density at radius 3 is 2.87 bits per heavy atom. The number of phenols is 1. The highest BCUT2D eigenvalue weighted by molar-refractivity contribution is 6.36. The van der Waals surface area contributed by atoms with Gasteiger partial charge in [-0.1, -0.05) is 30.7 Å². The van der Waals surface area contributed by atoms with Gasteiger partial charge in [-0.15, -0.1) is 5.10 Å². The minimum atomic E-state index is 0.0424. The van der Waals surface area contributed by atoms with Crippen molar-refractivity contribution in [1.29, 1.82) is 0 Å². The van der Waals surface area contributed by atoms with Gasteiger partial charge in [-0.2, -0.15) is 0 Å². The van der Waals surface area contributed by atoms with Gasteiger partial charge in [-0.25, -0.2) is 4.68 Å². The summed E-state index contributed by atoms with van der Waals surface area (Å²) in [6.45, 7) is 5.00. The Balaban J connectivity index is 2.57. The van der Waals surface area contributed by atoms with E-state index in [0.717, 1.165) is 12.1 Å². The molecule has 0 spiro atoms. The van der Waals surface area contributed by atoms with E-state index in [9.17, 15) is 5.11 Å². The number of aromatic nitrogens is 3. The van der Waals surface area contributed by atoms with Crippen LogP contribution in [0.3, 0.4) is 0 Å². The lowest BCUT2D eigenvalue weighted by Gasteiger charge is -2.05. The van der Waals surface area contributed by atoms with Crippen molar-refractivity contribution in [3.8, 4) is 5.75 Å². The fourth-order valence-electron chi connectivity index (χ4n) is 1.47. The molecule has 1 aromatic carbocycles. The molecule has 0 atom stereocenters. The second kappa shape index (κ2) is 3.70. The molecule has 5 heteroatoms. The monoisotopic (exact) mass is 225 g/mol. The number of aromatic hydroxyl groups is 1. The number of fused-ring (bicyclic) bond motifs is 1. The van der Waals surface area contributed by atoms with E-state index in [-0.39, 0.29) is 10.8 Å². The maximum absolute atomic E-state index is 9.40. The van der Waals surface area contributed by atoms with Crippen molar-refractivity contribution < 1.29 is 5.11 Å². The Labute approximate surface area is 92.5 Å². The summed E-state index contributed by atoms with van der Waals surface area (Å²) in [4.78, 5) is 0. The molecule has 2 rings (SSSR count). The smallest absolute Gasteiger partial charge is 0.136 e. The summed E-state index contributed by atoms with van der Waals surface area (Å²) in [5, 5.41) is 17.6. The molecular weight excluding hydrogens is 214 g/mol. The van der Waals surface area contributed by atoms with Gasteiger partial charge in [0.15, 0.2) is 0 Å². The quantitative estimate of drug-likeness (QED) is 0.854. The van der Waals surface area contributed by atoms with Crippen molar-refractivity contribution in [2.75, 3.05) is 0 Å². The topological polar surface area (TPSA) is 50.9 Å². The molecule has 2 aromatic rings. The summed E-state index contributed by atoms with van der Waals surface area (Å²) in [5.74, 6) is 0.531. The number of rotatable bonds is 2. The van der Waals surface area contributed by atoms with Crippen LogP contribution in [0.5, 0.6) is 5.75 Å². The van der Waals surface area contributed by atoms with Crippen molar-refractivity contribution in [3.63, 3.8) is 0 Å². The third kappa shape index (κ3) is 1.77. The molecule has 0 saturated heterocycles. The third-order valence-corrected chi connectivity index (χ3v) is 2.52. The highest BCUT2D eigenvalue weighted by Crippen LogP contribution is 2.30. The van der Waals surface area contributed by atoms with Gasteiger partial charge in [0.2, 0.25) is 0 Å². The molecule has 15 heavy (non-hydrogen) atoms. The highest BCUT2D eigenvalue weighted by atomic mass is 35.5. The molecule has 0 saturated carbocycles. The van der Waals surface area contributed by atoms with Gasteiger partial charge in [-0.3, -0.25) is 0 Å². The first-order valence-corrected chi connectivity index (χ1v) is 5.18. The number of hydrogen-bond donors (Lipinski definition) is 1. The fourth-order valence-corrected chi connectivity index (χ4v) is 1.67. The molecule has 0 radical (unpaired) electrons. The first-order valence-electron chi connectivity index (χ1n) is 4.80. The minimum Gasteiger partial charge on any atom is -0.506 e. The molecule has 0 fully saturated rings. The van der Waals surface area contributed by atoms with Crippen LogP contribution in [0.1, 0.15) is 13.8 Å². The minimum absolute atomic E-state index is 0.0424. The molecule has 1 heterocycles. The molecule has 1 N–H and O–H groups in total. The predicted molar refractivity (Wildman–Crippen MR) is 59.0 cm³/mol. The summed E-state index contributed by atoms with van der Waals surface area (Å²) in [5.41, 5.74) is 1.41. The number of halogens is 1. The van der Waals surface area contributed by atoms with Crippen LogP contribution in [-0.4, -0.2) is 20.1 Å². The lowest BCUT2D eigenvalue weighted by Crippen LogP contribution is -2.05. The predicted octanol–water partition coefficient (Wildman–Crippen LogP) is 2.45. The molecule has 1 aromatic heterocycles. The largest absolute Gasteiger partial charge is 0.506 e. The summed E-state index contributed by atoms with van der Waals surface area (Å²) in [7, 11) is 0. The van der Waals surface area contributed by atoms with E-state index in [1.54, 1.807) is 16.8 Å². The maximum Gasteiger partial charge on any atom is 0.136 e. The Bertz CT molecular complexity index is 493. The van der Waals surface area contributed by atoms with Crippen LogP contribution < -0.4 is 0 Å². The van der Waals surface area contributed by atoms with Crippen LogP contribution in [0.25, 0.3) is 11.0 Å². The lowest BCUT2D eigenvalue weighted by atomic mass is 10.2. The van der Waals surface area contributed by atoms with Crippen molar-refractivity contribution in [1.82, 2.24) is 15.0 Å². The van der Waals surface area contributed by atoms with Crippen molar-refractivity contribution in [3.05, 3.63) is 17.2 Å². The van der Waals surface area contributed by atoms with E-state index in [0.29, 0.717) is 11.4 Å². The van der Waals surface area contributed by atoms with Crippen LogP contribution in [0.4, 0.5) is 0 Å². The Morgan fingerprint density at radius 2 is 2.20 bits per heavy atom. The van der Waals surface area contributed by atoms with Crippen LogP contribution in [0, 0.1) is 5.92 Å². The summed E-state index contributed by atoms with van der Waals surface area (Å²) in [6, 6.07) is 3.34. The van der Waals surface area contributed by atoms with Crippen molar-refractivity contribution in [2.45, 2.75) is 20.4 Å². The molecule has 4 nitrogen and oxygen atoms in total. The summed E-state index contributed by atoms with van der Waals surface area (Å²) in [6.07, 6.45) is 0. The zero-order valence-electron chi connectivity index (χ0n) is 8.61. The molecule has 0 aliphatic heterocycles. The molecule has 80 valence electrons. The molecule has 0 aliphatic carbocycles. The zero-order valence-corrected chi connectivity index (χ0v) is 9.36. The van der Waals surface area contributed by atoms with E-state index in [2.05, 4.69) is 24.2 Å². The first kappa shape index (κ1) is 10.2. The van der Waals surface area contributed by atoms with Gasteiger partial charge in [0.25, 0.3) is 0 Å². The average Bonchev–Trinajstić information content (AvgIpc) is 2.55. The summed E-state index contributed by atoms with van der Waals surface area (Å²) >= 11 is 5.91. The number of nitrogens with zero attached hydrogens (tertiary/aromatic N) is 3. The molecule has 0 amide bonds. The Hall–Kier alpha value is -1.29. The average molecular weight is 226 g/mol. The highest BCUT2D eigenvalue weighted by Gasteiger charge is 2.11. The van der Waals surface area contributed by atoms with Crippen LogP contribution in [0.15, 0.2) is 12.1 Å². The van der Waals surface area contributed by atoms with E-state index >= 15 is 0 Å². The number of phenolic OH excluding ortho intramolecular Hbond substituents is 1. The summed E-state index contributed by atoms with van der Waals surface area (Å²) < 4.78 is 1.80. The van der Waals surface area contributed by atoms with Gasteiger partial charge in [0.05, 0.1) is 5.52 Å². The molecule has 0 bridgehead atoms. The molecule has 0 unspecified atom stereocenters.